The number of halogens is 1. The average Bonchev–Trinajstić information content (AvgIpc) is 2.98. The van der Waals surface area contributed by atoms with Crippen molar-refractivity contribution in [3.8, 4) is 11.3 Å². The molecule has 1 atom stereocenters. The third-order valence-electron chi connectivity index (χ3n) is 3.60. The second kappa shape index (κ2) is 7.27. The van der Waals surface area contributed by atoms with Gasteiger partial charge in [0.25, 0.3) is 0 Å². The van der Waals surface area contributed by atoms with Gasteiger partial charge in [0.05, 0.1) is 18.2 Å². The Kier molecular flexibility index (Phi) is 4.90. The summed E-state index contributed by atoms with van der Waals surface area (Å²) in [6.45, 7) is 2.25. The van der Waals surface area contributed by atoms with Crippen molar-refractivity contribution in [2.24, 2.45) is 0 Å². The topological polar surface area (TPSA) is 91.9 Å². The first-order valence-corrected chi connectivity index (χ1v) is 7.73. The molecule has 1 aromatic carbocycles. The Balaban J connectivity index is 1.78. The van der Waals surface area contributed by atoms with Crippen LogP contribution in [-0.2, 0) is 4.74 Å². The zero-order chi connectivity index (χ0) is 17.8. The summed E-state index contributed by atoms with van der Waals surface area (Å²) in [6.07, 6.45) is 1.62. The van der Waals surface area contributed by atoms with Crippen LogP contribution in [0.25, 0.3) is 22.2 Å². The highest BCUT2D eigenvalue weighted by molar-refractivity contribution is 5.95. The van der Waals surface area contributed by atoms with Gasteiger partial charge in [-0.25, -0.2) is 14.2 Å². The van der Waals surface area contributed by atoms with E-state index < -0.39 is 0 Å². The van der Waals surface area contributed by atoms with E-state index in [2.05, 4.69) is 25.8 Å². The minimum Gasteiger partial charge on any atom is -0.383 e. The summed E-state index contributed by atoms with van der Waals surface area (Å²) in [5, 5.41) is 13.3. The first-order chi connectivity index (χ1) is 12.1. The van der Waals surface area contributed by atoms with Gasteiger partial charge in [0, 0.05) is 30.3 Å². The van der Waals surface area contributed by atoms with Gasteiger partial charge in [-0.2, -0.15) is 5.10 Å². The van der Waals surface area contributed by atoms with Gasteiger partial charge >= 0.3 is 6.03 Å². The molecule has 0 saturated carbocycles. The van der Waals surface area contributed by atoms with Crippen molar-refractivity contribution in [3.05, 3.63) is 42.3 Å². The highest BCUT2D eigenvalue weighted by Crippen LogP contribution is 2.26. The molecule has 2 heterocycles. The molecule has 8 heteroatoms. The fourth-order valence-electron chi connectivity index (χ4n) is 2.48. The van der Waals surface area contributed by atoms with E-state index >= 15 is 0 Å². The fraction of sp³-hybridized carbons (Fsp3) is 0.235. The van der Waals surface area contributed by atoms with Crippen LogP contribution in [0.5, 0.6) is 0 Å². The first-order valence-electron chi connectivity index (χ1n) is 7.73. The van der Waals surface area contributed by atoms with Gasteiger partial charge in [0.15, 0.2) is 0 Å². The van der Waals surface area contributed by atoms with E-state index in [1.165, 1.54) is 12.1 Å². The number of aromatic amines is 1. The molecule has 25 heavy (non-hydrogen) atoms. The van der Waals surface area contributed by atoms with Crippen LogP contribution >= 0.6 is 0 Å². The number of hydrogen-bond donors (Lipinski definition) is 3. The second-order valence-electron chi connectivity index (χ2n) is 5.65. The minimum atomic E-state index is -0.366. The lowest BCUT2D eigenvalue weighted by atomic mass is 10.1. The molecule has 0 fully saturated rings. The number of pyridine rings is 1. The van der Waals surface area contributed by atoms with E-state index in [1.807, 2.05) is 6.92 Å². The third-order valence-corrected chi connectivity index (χ3v) is 3.60. The number of methoxy groups -OCH3 is 1. The number of benzene rings is 1. The monoisotopic (exact) mass is 343 g/mol. The Bertz CT molecular complexity index is 878. The molecule has 3 N–H and O–H groups in total. The van der Waals surface area contributed by atoms with Crippen molar-refractivity contribution < 1.29 is 13.9 Å². The predicted octanol–water partition coefficient (Wildman–Crippen LogP) is 2.92. The zero-order valence-corrected chi connectivity index (χ0v) is 13.8. The number of H-pyrrole nitrogens is 1. The number of rotatable bonds is 5. The van der Waals surface area contributed by atoms with E-state index in [0.29, 0.717) is 18.1 Å². The quantitative estimate of drug-likeness (QED) is 0.664. The van der Waals surface area contributed by atoms with Crippen LogP contribution in [0.3, 0.4) is 0 Å². The summed E-state index contributed by atoms with van der Waals surface area (Å²) in [5.41, 5.74) is 2.17. The normalized spacial score (nSPS) is 12.1. The van der Waals surface area contributed by atoms with E-state index in [9.17, 15) is 9.18 Å². The van der Waals surface area contributed by atoms with E-state index in [1.54, 1.807) is 31.5 Å². The van der Waals surface area contributed by atoms with Crippen LogP contribution in [0.2, 0.25) is 0 Å². The Hall–Kier alpha value is -3.00. The van der Waals surface area contributed by atoms with E-state index in [4.69, 9.17) is 4.74 Å². The van der Waals surface area contributed by atoms with Crippen molar-refractivity contribution >= 4 is 22.8 Å². The number of hydrogen-bond acceptors (Lipinski definition) is 4. The van der Waals surface area contributed by atoms with E-state index in [-0.39, 0.29) is 17.9 Å². The lowest BCUT2D eigenvalue weighted by molar-refractivity contribution is 0.173. The van der Waals surface area contributed by atoms with Crippen molar-refractivity contribution in [1.82, 2.24) is 20.5 Å². The molecule has 0 radical (unpaired) electrons. The molecule has 0 aliphatic rings. The molecule has 0 spiro atoms. The summed E-state index contributed by atoms with van der Waals surface area (Å²) in [4.78, 5) is 16.2. The van der Waals surface area contributed by atoms with Crippen molar-refractivity contribution in [1.29, 1.82) is 0 Å². The van der Waals surface area contributed by atoms with Crippen LogP contribution in [0.1, 0.15) is 6.92 Å². The van der Waals surface area contributed by atoms with Crippen LogP contribution in [0, 0.1) is 5.82 Å². The molecule has 0 bridgehead atoms. The van der Waals surface area contributed by atoms with Crippen LogP contribution in [-0.4, -0.2) is 41.0 Å². The maximum Gasteiger partial charge on any atom is 0.320 e. The Morgan fingerprint density at radius 3 is 2.84 bits per heavy atom. The van der Waals surface area contributed by atoms with Crippen molar-refractivity contribution in [3.63, 3.8) is 0 Å². The maximum absolute atomic E-state index is 13.1. The molecular weight excluding hydrogens is 325 g/mol. The molecule has 0 aliphatic heterocycles. The molecule has 2 aromatic heterocycles. The second-order valence-corrected chi connectivity index (χ2v) is 5.65. The largest absolute Gasteiger partial charge is 0.383 e. The number of nitrogens with zero attached hydrogens (tertiary/aromatic N) is 2. The van der Waals surface area contributed by atoms with Crippen molar-refractivity contribution in [2.45, 2.75) is 13.0 Å². The minimum absolute atomic E-state index is 0.119. The molecule has 0 saturated heterocycles. The molecule has 130 valence electrons. The zero-order valence-electron chi connectivity index (χ0n) is 13.8. The van der Waals surface area contributed by atoms with Crippen LogP contribution in [0.15, 0.2) is 36.5 Å². The molecule has 7 nitrogen and oxygen atoms in total. The molecule has 3 aromatic rings. The van der Waals surface area contributed by atoms with Gasteiger partial charge in [-0.3, -0.25) is 10.4 Å². The lowest BCUT2D eigenvalue weighted by Gasteiger charge is -2.13. The average molecular weight is 343 g/mol. The van der Waals surface area contributed by atoms with Gasteiger partial charge in [0.1, 0.15) is 17.3 Å². The number of aromatic nitrogens is 3. The summed E-state index contributed by atoms with van der Waals surface area (Å²) < 4.78 is 18.0. The molecule has 1 unspecified atom stereocenters. The predicted molar refractivity (Wildman–Crippen MR) is 92.8 cm³/mol. The third kappa shape index (κ3) is 3.92. The SMILES string of the molecule is COCC(C)NC(=O)Nc1cc2[nH]nc(-c3ccc(F)cc3)c2cn1. The maximum atomic E-state index is 13.1. The highest BCUT2D eigenvalue weighted by Gasteiger charge is 2.12. The lowest BCUT2D eigenvalue weighted by Crippen LogP contribution is -2.38. The van der Waals surface area contributed by atoms with Gasteiger partial charge < -0.3 is 10.1 Å². The Morgan fingerprint density at radius 2 is 2.12 bits per heavy atom. The number of ether oxygens (including phenoxy) is 1. The molecular formula is C17H18FN5O2. The summed E-state index contributed by atoms with van der Waals surface area (Å²) >= 11 is 0. The number of fused-ring (bicyclic) bond motifs is 1. The molecule has 3 rings (SSSR count). The van der Waals surface area contributed by atoms with Crippen molar-refractivity contribution in [2.75, 3.05) is 19.0 Å². The summed E-state index contributed by atoms with van der Waals surface area (Å²) in [5.74, 6) is 0.0887. The highest BCUT2D eigenvalue weighted by atomic mass is 19.1. The number of carbonyl (C=O) groups is 1. The van der Waals surface area contributed by atoms with E-state index in [0.717, 1.165) is 16.5 Å². The van der Waals surface area contributed by atoms with Gasteiger partial charge in [0.2, 0.25) is 0 Å². The molecule has 2 amide bonds. The number of carbonyl (C=O) groups excluding carboxylic acids is 1. The fourth-order valence-corrected chi connectivity index (χ4v) is 2.48. The smallest absolute Gasteiger partial charge is 0.320 e. The number of amides is 2. The number of urea groups is 1. The van der Waals surface area contributed by atoms with Crippen LogP contribution < -0.4 is 10.6 Å². The number of anilines is 1. The Morgan fingerprint density at radius 1 is 1.36 bits per heavy atom. The summed E-state index contributed by atoms with van der Waals surface area (Å²) in [7, 11) is 1.57. The standard InChI is InChI=1S/C17H18FN5O2/c1-10(9-25-2)20-17(24)21-15-7-14-13(8-19-15)16(23-22-14)11-3-5-12(18)6-4-11/h3-8,10H,9H2,1-2H3,(H,22,23)(H2,19,20,21,24). The van der Waals surface area contributed by atoms with Crippen LogP contribution in [0.4, 0.5) is 15.0 Å². The summed E-state index contributed by atoms with van der Waals surface area (Å²) in [6, 6.07) is 7.27. The number of nitrogens with one attached hydrogen (secondary N) is 3. The van der Waals surface area contributed by atoms with Gasteiger partial charge in [-0.1, -0.05) is 0 Å². The molecule has 0 aliphatic carbocycles. The first kappa shape index (κ1) is 16.8. The van der Waals surface area contributed by atoms with Gasteiger partial charge in [-0.15, -0.1) is 0 Å². The Labute approximate surface area is 143 Å². The van der Waals surface area contributed by atoms with Gasteiger partial charge in [-0.05, 0) is 31.2 Å².